The second-order valence-electron chi connectivity index (χ2n) is 6.94. The van der Waals surface area contributed by atoms with Crippen molar-refractivity contribution in [3.8, 4) is 0 Å². The summed E-state index contributed by atoms with van der Waals surface area (Å²) in [5, 5.41) is 0. The van der Waals surface area contributed by atoms with Gasteiger partial charge in [0.25, 0.3) is 0 Å². The molecule has 1 aromatic carbocycles. The third kappa shape index (κ3) is 5.02. The third-order valence-electron chi connectivity index (χ3n) is 5.14. The molecule has 24 heavy (non-hydrogen) atoms. The molecule has 2 saturated heterocycles. The van der Waals surface area contributed by atoms with Gasteiger partial charge in [0.2, 0.25) is 5.91 Å². The number of carbonyl (C=O) groups excluding carboxylic acids is 1. The van der Waals surface area contributed by atoms with E-state index in [0.717, 1.165) is 44.8 Å². The van der Waals surface area contributed by atoms with Crippen LogP contribution in [0.15, 0.2) is 24.3 Å². The van der Waals surface area contributed by atoms with Crippen LogP contribution in [0.4, 0.5) is 4.39 Å². The number of nitrogens with zero attached hydrogens (tertiary/aromatic N) is 3. The van der Waals surface area contributed by atoms with Crippen molar-refractivity contribution >= 4 is 5.91 Å². The summed E-state index contributed by atoms with van der Waals surface area (Å²) in [6.07, 6.45) is 4.51. The van der Waals surface area contributed by atoms with Crippen LogP contribution in [-0.4, -0.2) is 66.4 Å². The van der Waals surface area contributed by atoms with Crippen LogP contribution in [0.3, 0.4) is 0 Å². The SMILES string of the molecule is O=C1CCN(Cc2ccc(F)cc2)CCN1CCN1CCCCC1. The van der Waals surface area contributed by atoms with Crippen LogP contribution in [0.5, 0.6) is 0 Å². The summed E-state index contributed by atoms with van der Waals surface area (Å²) in [4.78, 5) is 19.2. The highest BCUT2D eigenvalue weighted by Gasteiger charge is 2.21. The molecule has 0 saturated carbocycles. The Balaban J connectivity index is 1.47. The molecule has 132 valence electrons. The monoisotopic (exact) mass is 333 g/mol. The quantitative estimate of drug-likeness (QED) is 0.828. The average molecular weight is 333 g/mol. The number of amides is 1. The van der Waals surface area contributed by atoms with E-state index in [-0.39, 0.29) is 11.7 Å². The lowest BCUT2D eigenvalue weighted by Crippen LogP contribution is -2.41. The Hall–Kier alpha value is -1.46. The highest BCUT2D eigenvalue weighted by atomic mass is 19.1. The molecular weight excluding hydrogens is 305 g/mol. The van der Waals surface area contributed by atoms with Gasteiger partial charge >= 0.3 is 0 Å². The van der Waals surface area contributed by atoms with Gasteiger partial charge < -0.3 is 9.80 Å². The predicted molar refractivity (Wildman–Crippen MR) is 93.2 cm³/mol. The molecule has 0 radical (unpaired) electrons. The Labute approximate surface area is 144 Å². The maximum atomic E-state index is 13.0. The van der Waals surface area contributed by atoms with E-state index in [9.17, 15) is 9.18 Å². The molecule has 2 fully saturated rings. The molecular formula is C19H28FN3O. The fourth-order valence-corrected chi connectivity index (χ4v) is 3.60. The minimum atomic E-state index is -0.200. The first-order valence-electron chi connectivity index (χ1n) is 9.18. The van der Waals surface area contributed by atoms with E-state index in [4.69, 9.17) is 0 Å². The zero-order valence-corrected chi connectivity index (χ0v) is 14.4. The lowest BCUT2D eigenvalue weighted by Gasteiger charge is -2.29. The van der Waals surface area contributed by atoms with Crippen LogP contribution in [0, 0.1) is 5.82 Å². The molecule has 0 aromatic heterocycles. The van der Waals surface area contributed by atoms with Gasteiger partial charge in [0.1, 0.15) is 5.82 Å². The molecule has 0 aliphatic carbocycles. The first kappa shape index (κ1) is 17.4. The van der Waals surface area contributed by atoms with Gasteiger partial charge in [0.05, 0.1) is 0 Å². The maximum absolute atomic E-state index is 13.0. The molecule has 2 aliphatic heterocycles. The van der Waals surface area contributed by atoms with E-state index in [0.29, 0.717) is 6.42 Å². The molecule has 0 unspecified atom stereocenters. The lowest BCUT2D eigenvalue weighted by molar-refractivity contribution is -0.130. The van der Waals surface area contributed by atoms with Crippen LogP contribution in [-0.2, 0) is 11.3 Å². The summed E-state index contributed by atoms with van der Waals surface area (Å²) in [5.41, 5.74) is 1.10. The van der Waals surface area contributed by atoms with Crippen molar-refractivity contribution in [1.82, 2.24) is 14.7 Å². The smallest absolute Gasteiger partial charge is 0.223 e. The minimum Gasteiger partial charge on any atom is -0.340 e. The van der Waals surface area contributed by atoms with Gasteiger partial charge in [-0.1, -0.05) is 18.6 Å². The van der Waals surface area contributed by atoms with E-state index in [2.05, 4.69) is 9.80 Å². The molecule has 4 nitrogen and oxygen atoms in total. The highest BCUT2D eigenvalue weighted by Crippen LogP contribution is 2.12. The van der Waals surface area contributed by atoms with Crippen molar-refractivity contribution in [2.24, 2.45) is 0 Å². The standard InChI is InChI=1S/C19H28FN3O/c20-18-6-4-17(5-7-18)16-22-11-8-19(24)23(15-13-22)14-12-21-9-2-1-3-10-21/h4-7H,1-3,8-16H2. The molecule has 0 spiro atoms. The van der Waals surface area contributed by atoms with E-state index >= 15 is 0 Å². The van der Waals surface area contributed by atoms with Gasteiger partial charge in [0, 0.05) is 45.7 Å². The number of piperidine rings is 1. The van der Waals surface area contributed by atoms with Crippen molar-refractivity contribution < 1.29 is 9.18 Å². The van der Waals surface area contributed by atoms with Crippen molar-refractivity contribution in [3.63, 3.8) is 0 Å². The number of benzene rings is 1. The topological polar surface area (TPSA) is 26.8 Å². The molecule has 1 amide bonds. The average Bonchev–Trinajstić information content (AvgIpc) is 2.78. The normalized spacial score (nSPS) is 21.0. The molecule has 2 heterocycles. The molecule has 3 rings (SSSR count). The second-order valence-corrected chi connectivity index (χ2v) is 6.94. The lowest BCUT2D eigenvalue weighted by atomic mass is 10.1. The number of likely N-dealkylation sites (tertiary alicyclic amines) is 1. The molecule has 0 bridgehead atoms. The maximum Gasteiger partial charge on any atom is 0.223 e. The van der Waals surface area contributed by atoms with E-state index in [1.54, 1.807) is 0 Å². The minimum absolute atomic E-state index is 0.200. The number of hydrogen-bond acceptors (Lipinski definition) is 3. The Morgan fingerprint density at radius 3 is 2.33 bits per heavy atom. The van der Waals surface area contributed by atoms with Crippen molar-refractivity contribution in [3.05, 3.63) is 35.6 Å². The van der Waals surface area contributed by atoms with Crippen LogP contribution >= 0.6 is 0 Å². The first-order chi connectivity index (χ1) is 11.7. The van der Waals surface area contributed by atoms with Gasteiger partial charge in [-0.3, -0.25) is 9.69 Å². The van der Waals surface area contributed by atoms with Crippen LogP contribution in [0.1, 0.15) is 31.2 Å². The Morgan fingerprint density at radius 2 is 1.58 bits per heavy atom. The van der Waals surface area contributed by atoms with Gasteiger partial charge in [-0.2, -0.15) is 0 Å². The molecule has 0 atom stereocenters. The number of halogens is 1. The van der Waals surface area contributed by atoms with E-state index in [1.165, 1.54) is 44.5 Å². The Bertz CT molecular complexity index is 528. The van der Waals surface area contributed by atoms with Gasteiger partial charge in [-0.05, 0) is 43.6 Å². The molecule has 5 heteroatoms. The summed E-state index contributed by atoms with van der Waals surface area (Å²) < 4.78 is 13.0. The van der Waals surface area contributed by atoms with Crippen molar-refractivity contribution in [1.29, 1.82) is 0 Å². The third-order valence-corrected chi connectivity index (χ3v) is 5.14. The molecule has 0 N–H and O–H groups in total. The molecule has 2 aliphatic rings. The fraction of sp³-hybridized carbons (Fsp3) is 0.632. The van der Waals surface area contributed by atoms with Gasteiger partial charge in [-0.15, -0.1) is 0 Å². The van der Waals surface area contributed by atoms with Gasteiger partial charge in [0.15, 0.2) is 0 Å². The van der Waals surface area contributed by atoms with Crippen molar-refractivity contribution in [2.75, 3.05) is 45.8 Å². The summed E-state index contributed by atoms with van der Waals surface area (Å²) in [6.45, 7) is 7.48. The summed E-state index contributed by atoms with van der Waals surface area (Å²) in [6, 6.07) is 6.67. The summed E-state index contributed by atoms with van der Waals surface area (Å²) in [5.74, 6) is 0.0716. The van der Waals surface area contributed by atoms with E-state index in [1.807, 2.05) is 17.0 Å². The fourth-order valence-electron chi connectivity index (χ4n) is 3.60. The summed E-state index contributed by atoms with van der Waals surface area (Å²) in [7, 11) is 0. The number of carbonyl (C=O) groups is 1. The molecule has 1 aromatic rings. The zero-order valence-electron chi connectivity index (χ0n) is 14.4. The van der Waals surface area contributed by atoms with Crippen molar-refractivity contribution in [2.45, 2.75) is 32.2 Å². The Morgan fingerprint density at radius 1 is 0.833 bits per heavy atom. The predicted octanol–water partition coefficient (Wildman–Crippen LogP) is 2.35. The zero-order chi connectivity index (χ0) is 16.8. The number of hydrogen-bond donors (Lipinski definition) is 0. The summed E-state index contributed by atoms with van der Waals surface area (Å²) >= 11 is 0. The van der Waals surface area contributed by atoms with Crippen LogP contribution in [0.2, 0.25) is 0 Å². The van der Waals surface area contributed by atoms with Crippen LogP contribution in [0.25, 0.3) is 0 Å². The Kier molecular flexibility index (Phi) is 6.21. The largest absolute Gasteiger partial charge is 0.340 e. The van der Waals surface area contributed by atoms with Gasteiger partial charge in [-0.25, -0.2) is 4.39 Å². The van der Waals surface area contributed by atoms with Crippen LogP contribution < -0.4 is 0 Å². The van der Waals surface area contributed by atoms with E-state index < -0.39 is 0 Å². The highest BCUT2D eigenvalue weighted by molar-refractivity contribution is 5.76. The first-order valence-corrected chi connectivity index (χ1v) is 9.18. The number of rotatable bonds is 5. The second kappa shape index (κ2) is 8.58.